The molecule has 1 N–H and O–H groups in total. The van der Waals surface area contributed by atoms with E-state index in [9.17, 15) is 9.90 Å². The largest absolute Gasteiger partial charge is 0.394 e. The van der Waals surface area contributed by atoms with Gasteiger partial charge in [-0.3, -0.25) is 4.79 Å². The Hall–Kier alpha value is -1.36. The third kappa shape index (κ3) is 3.56. The van der Waals surface area contributed by atoms with Gasteiger partial charge in [0, 0.05) is 17.6 Å². The van der Waals surface area contributed by atoms with Gasteiger partial charge in [0.25, 0.3) is 0 Å². The Labute approximate surface area is 117 Å². The molecule has 1 heterocycles. The van der Waals surface area contributed by atoms with Gasteiger partial charge in [-0.25, -0.2) is 0 Å². The highest BCUT2D eigenvalue weighted by atomic mass is 35.5. The molecule has 0 aromatic heterocycles. The summed E-state index contributed by atoms with van der Waals surface area (Å²) in [4.78, 5) is 13.7. The van der Waals surface area contributed by atoms with Crippen molar-refractivity contribution in [2.45, 2.75) is 6.04 Å². The molecule has 1 amide bonds. The maximum atomic E-state index is 12.1. The summed E-state index contributed by atoms with van der Waals surface area (Å²) in [6, 6.07) is 7.05. The van der Waals surface area contributed by atoms with Crippen LogP contribution in [-0.2, 0) is 9.53 Å². The van der Waals surface area contributed by atoms with Crippen molar-refractivity contribution in [3.8, 4) is 0 Å². The van der Waals surface area contributed by atoms with E-state index in [4.69, 9.17) is 16.3 Å². The number of hydrogen-bond donors (Lipinski definition) is 1. The highest BCUT2D eigenvalue weighted by Gasteiger charge is 2.25. The molecule has 1 aromatic carbocycles. The molecule has 1 aromatic rings. The van der Waals surface area contributed by atoms with Gasteiger partial charge in [-0.1, -0.05) is 29.8 Å². The molecule has 102 valence electrons. The first-order valence-electron chi connectivity index (χ1n) is 6.14. The lowest BCUT2D eigenvalue weighted by atomic mass is 10.2. The zero-order chi connectivity index (χ0) is 13.7. The van der Waals surface area contributed by atoms with E-state index in [2.05, 4.69) is 0 Å². The molecule has 0 aliphatic carbocycles. The lowest BCUT2D eigenvalue weighted by Crippen LogP contribution is -2.49. The number of halogens is 1. The van der Waals surface area contributed by atoms with E-state index in [1.165, 1.54) is 6.08 Å². The smallest absolute Gasteiger partial charge is 0.247 e. The molecule has 1 saturated heterocycles. The van der Waals surface area contributed by atoms with E-state index in [0.29, 0.717) is 24.8 Å². The molecule has 0 spiro atoms. The summed E-state index contributed by atoms with van der Waals surface area (Å²) in [7, 11) is 0. The molecule has 0 radical (unpaired) electrons. The Morgan fingerprint density at radius 3 is 3.05 bits per heavy atom. The highest BCUT2D eigenvalue weighted by molar-refractivity contribution is 6.32. The maximum Gasteiger partial charge on any atom is 0.247 e. The molecule has 19 heavy (non-hydrogen) atoms. The Morgan fingerprint density at radius 1 is 1.53 bits per heavy atom. The number of carbonyl (C=O) groups is 1. The van der Waals surface area contributed by atoms with Crippen molar-refractivity contribution in [3.63, 3.8) is 0 Å². The summed E-state index contributed by atoms with van der Waals surface area (Å²) >= 11 is 6.01. The topological polar surface area (TPSA) is 49.8 Å². The van der Waals surface area contributed by atoms with Crippen molar-refractivity contribution in [2.24, 2.45) is 0 Å². The van der Waals surface area contributed by atoms with E-state index in [-0.39, 0.29) is 18.6 Å². The van der Waals surface area contributed by atoms with Crippen LogP contribution < -0.4 is 0 Å². The first-order chi connectivity index (χ1) is 9.22. The van der Waals surface area contributed by atoms with Crippen LogP contribution in [0.15, 0.2) is 30.3 Å². The Bertz CT molecular complexity index is 476. The lowest BCUT2D eigenvalue weighted by molar-refractivity contribution is -0.136. The molecule has 1 fully saturated rings. The molecule has 1 aliphatic rings. The second kappa shape index (κ2) is 6.70. The van der Waals surface area contributed by atoms with E-state index < -0.39 is 0 Å². The first kappa shape index (κ1) is 14.1. The fraction of sp³-hybridized carbons (Fsp3) is 0.357. The first-order valence-corrected chi connectivity index (χ1v) is 6.52. The van der Waals surface area contributed by atoms with E-state index in [1.807, 2.05) is 18.2 Å². The molecule has 1 aliphatic heterocycles. The van der Waals surface area contributed by atoms with Gasteiger partial charge < -0.3 is 14.7 Å². The van der Waals surface area contributed by atoms with Crippen molar-refractivity contribution in [1.29, 1.82) is 0 Å². The van der Waals surface area contributed by atoms with Crippen molar-refractivity contribution in [2.75, 3.05) is 26.4 Å². The number of rotatable bonds is 3. The van der Waals surface area contributed by atoms with Crippen LogP contribution in [0.2, 0.25) is 5.02 Å². The average molecular weight is 282 g/mol. The fourth-order valence-electron chi connectivity index (χ4n) is 1.96. The number of carbonyl (C=O) groups excluding carboxylic acids is 1. The third-order valence-electron chi connectivity index (χ3n) is 3.03. The number of morpholine rings is 1. The van der Waals surface area contributed by atoms with Gasteiger partial charge in [-0.05, 0) is 17.7 Å². The fourth-order valence-corrected chi connectivity index (χ4v) is 2.16. The normalized spacial score (nSPS) is 19.9. The summed E-state index contributed by atoms with van der Waals surface area (Å²) < 4.78 is 5.24. The van der Waals surface area contributed by atoms with Crippen LogP contribution in [0.4, 0.5) is 0 Å². The Morgan fingerprint density at radius 2 is 2.32 bits per heavy atom. The quantitative estimate of drug-likeness (QED) is 0.856. The molecule has 2 rings (SSSR count). The minimum absolute atomic E-state index is 0.0916. The Balaban J connectivity index is 2.06. The monoisotopic (exact) mass is 281 g/mol. The molecule has 4 nitrogen and oxygen atoms in total. The lowest BCUT2D eigenvalue weighted by Gasteiger charge is -2.33. The van der Waals surface area contributed by atoms with Gasteiger partial charge in [0.1, 0.15) is 0 Å². The standard InChI is InChI=1S/C14H16ClNO3/c15-13-4-2-1-3-11(13)5-6-14(18)16-7-8-19-10-12(16)9-17/h1-6,12,17H,7-10H2/b6-5+. The number of nitrogens with zero attached hydrogens (tertiary/aromatic N) is 1. The van der Waals surface area contributed by atoms with Crippen LogP contribution in [0.1, 0.15) is 5.56 Å². The summed E-state index contributed by atoms with van der Waals surface area (Å²) in [5, 5.41) is 9.82. The predicted octanol–water partition coefficient (Wildman–Crippen LogP) is 1.57. The maximum absolute atomic E-state index is 12.1. The zero-order valence-electron chi connectivity index (χ0n) is 10.5. The molecule has 5 heteroatoms. The average Bonchev–Trinajstić information content (AvgIpc) is 2.46. The second-order valence-corrected chi connectivity index (χ2v) is 4.70. The van der Waals surface area contributed by atoms with Crippen LogP contribution in [0.25, 0.3) is 6.08 Å². The summed E-state index contributed by atoms with van der Waals surface area (Å²) in [6.45, 7) is 1.28. The van der Waals surface area contributed by atoms with Gasteiger partial charge in [0.15, 0.2) is 0 Å². The van der Waals surface area contributed by atoms with Crippen molar-refractivity contribution in [1.82, 2.24) is 4.90 Å². The van der Waals surface area contributed by atoms with Crippen LogP contribution in [0.5, 0.6) is 0 Å². The van der Waals surface area contributed by atoms with Crippen molar-refractivity contribution in [3.05, 3.63) is 40.9 Å². The van der Waals surface area contributed by atoms with Crippen LogP contribution >= 0.6 is 11.6 Å². The summed E-state index contributed by atoms with van der Waals surface area (Å²) in [5.74, 6) is -0.137. The summed E-state index contributed by atoms with van der Waals surface area (Å²) in [6.07, 6.45) is 3.17. The molecular formula is C14H16ClNO3. The van der Waals surface area contributed by atoms with Crippen molar-refractivity contribution < 1.29 is 14.6 Å². The molecule has 1 atom stereocenters. The number of benzene rings is 1. The number of aliphatic hydroxyl groups is 1. The molecule has 0 saturated carbocycles. The third-order valence-corrected chi connectivity index (χ3v) is 3.38. The number of amides is 1. The minimum atomic E-state index is -0.267. The SMILES string of the molecule is O=C(/C=C/c1ccccc1Cl)N1CCOCC1CO. The molecular weight excluding hydrogens is 266 g/mol. The van der Waals surface area contributed by atoms with Crippen molar-refractivity contribution >= 4 is 23.6 Å². The van der Waals surface area contributed by atoms with E-state index in [1.54, 1.807) is 17.0 Å². The van der Waals surface area contributed by atoms with Gasteiger partial charge in [0.2, 0.25) is 5.91 Å². The van der Waals surface area contributed by atoms with E-state index in [0.717, 1.165) is 5.56 Å². The van der Waals surface area contributed by atoms with Gasteiger partial charge in [-0.15, -0.1) is 0 Å². The minimum Gasteiger partial charge on any atom is -0.394 e. The van der Waals surface area contributed by atoms with E-state index >= 15 is 0 Å². The number of hydrogen-bond acceptors (Lipinski definition) is 3. The van der Waals surface area contributed by atoms with Gasteiger partial charge in [-0.2, -0.15) is 0 Å². The zero-order valence-corrected chi connectivity index (χ0v) is 11.2. The number of ether oxygens (including phenoxy) is 1. The molecule has 0 bridgehead atoms. The number of aliphatic hydroxyl groups excluding tert-OH is 1. The molecule has 1 unspecified atom stereocenters. The highest BCUT2D eigenvalue weighted by Crippen LogP contribution is 2.16. The Kier molecular flexibility index (Phi) is 4.96. The van der Waals surface area contributed by atoms with Gasteiger partial charge >= 0.3 is 0 Å². The van der Waals surface area contributed by atoms with Gasteiger partial charge in [0.05, 0.1) is 25.9 Å². The van der Waals surface area contributed by atoms with Crippen LogP contribution in [-0.4, -0.2) is 48.3 Å². The summed E-state index contributed by atoms with van der Waals surface area (Å²) in [5.41, 5.74) is 0.798. The van der Waals surface area contributed by atoms with Crippen LogP contribution in [0.3, 0.4) is 0 Å². The van der Waals surface area contributed by atoms with Crippen LogP contribution in [0, 0.1) is 0 Å². The predicted molar refractivity (Wildman–Crippen MR) is 73.9 cm³/mol. The second-order valence-electron chi connectivity index (χ2n) is 4.30.